The number of amides is 1. The molecule has 0 spiro atoms. The number of piperidine rings is 1. The molecule has 1 saturated carbocycles. The fourth-order valence-electron chi connectivity index (χ4n) is 5.46. The molecular formula is C26H40N2O2. The number of hydrogen-bond acceptors (Lipinski definition) is 3. The summed E-state index contributed by atoms with van der Waals surface area (Å²) in [5.74, 6) is 2.87. The summed E-state index contributed by atoms with van der Waals surface area (Å²) in [6, 6.07) is 7.03. The molecule has 1 aromatic carbocycles. The van der Waals surface area contributed by atoms with E-state index in [4.69, 9.17) is 4.74 Å². The molecular weight excluding hydrogens is 372 g/mol. The SMILES string of the molecule is CC(C)(C)C(=O)NC1CCC(CCN2CCC(c3cccc4c3CCO4)CC2)CC1. The Labute approximate surface area is 182 Å². The standard InChI is InChI=1S/C26H40N2O2/c1-26(2,3)25(29)27-21-9-7-19(8-10-21)11-15-28-16-12-20(13-17-28)22-5-4-6-24-23(22)14-18-30-24/h4-6,19-21H,7-18H2,1-3H3,(H,27,29). The molecule has 4 nitrogen and oxygen atoms in total. The van der Waals surface area contributed by atoms with Crippen molar-refractivity contribution >= 4 is 5.91 Å². The highest BCUT2D eigenvalue weighted by Crippen LogP contribution is 2.37. The van der Waals surface area contributed by atoms with Crippen molar-refractivity contribution in [3.05, 3.63) is 29.3 Å². The van der Waals surface area contributed by atoms with Crippen LogP contribution in [-0.2, 0) is 11.2 Å². The van der Waals surface area contributed by atoms with Gasteiger partial charge in [0.1, 0.15) is 5.75 Å². The fourth-order valence-corrected chi connectivity index (χ4v) is 5.46. The molecule has 0 radical (unpaired) electrons. The number of rotatable bonds is 5. The van der Waals surface area contributed by atoms with E-state index >= 15 is 0 Å². The van der Waals surface area contributed by atoms with E-state index in [0.717, 1.165) is 37.5 Å². The first-order chi connectivity index (χ1) is 14.4. The highest BCUT2D eigenvalue weighted by atomic mass is 16.5. The summed E-state index contributed by atoms with van der Waals surface area (Å²) in [6.07, 6.45) is 9.79. The Morgan fingerprint density at radius 2 is 1.83 bits per heavy atom. The molecule has 1 aromatic rings. The first-order valence-corrected chi connectivity index (χ1v) is 12.2. The number of fused-ring (bicyclic) bond motifs is 1. The number of hydrogen-bond donors (Lipinski definition) is 1. The maximum absolute atomic E-state index is 12.2. The molecule has 2 fully saturated rings. The van der Waals surface area contributed by atoms with Crippen molar-refractivity contribution in [2.24, 2.45) is 11.3 Å². The Hall–Kier alpha value is -1.55. The number of nitrogens with zero attached hydrogens (tertiary/aromatic N) is 1. The third kappa shape index (κ3) is 5.19. The van der Waals surface area contributed by atoms with Crippen LogP contribution in [0.2, 0.25) is 0 Å². The van der Waals surface area contributed by atoms with E-state index in [0.29, 0.717) is 12.0 Å². The van der Waals surface area contributed by atoms with Crippen molar-refractivity contribution in [2.75, 3.05) is 26.2 Å². The average molecular weight is 413 g/mol. The predicted molar refractivity (Wildman–Crippen MR) is 122 cm³/mol. The van der Waals surface area contributed by atoms with Gasteiger partial charge in [-0.25, -0.2) is 0 Å². The third-order valence-electron chi connectivity index (χ3n) is 7.52. The monoisotopic (exact) mass is 412 g/mol. The molecule has 1 saturated heterocycles. The summed E-state index contributed by atoms with van der Waals surface area (Å²) in [4.78, 5) is 14.9. The zero-order chi connectivity index (χ0) is 21.1. The van der Waals surface area contributed by atoms with Gasteiger partial charge in [-0.15, -0.1) is 0 Å². The molecule has 4 heteroatoms. The van der Waals surface area contributed by atoms with Gasteiger partial charge in [0.2, 0.25) is 5.91 Å². The second-order valence-electron chi connectivity index (χ2n) is 10.8. The van der Waals surface area contributed by atoms with Gasteiger partial charge in [-0.2, -0.15) is 0 Å². The van der Waals surface area contributed by atoms with E-state index in [9.17, 15) is 4.79 Å². The second-order valence-corrected chi connectivity index (χ2v) is 10.8. The van der Waals surface area contributed by atoms with Crippen LogP contribution in [0.1, 0.15) is 82.8 Å². The minimum absolute atomic E-state index is 0.199. The maximum Gasteiger partial charge on any atom is 0.225 e. The Morgan fingerprint density at radius 1 is 1.10 bits per heavy atom. The van der Waals surface area contributed by atoms with Crippen LogP contribution in [0.5, 0.6) is 5.75 Å². The van der Waals surface area contributed by atoms with Gasteiger partial charge in [-0.1, -0.05) is 32.9 Å². The van der Waals surface area contributed by atoms with Crippen LogP contribution >= 0.6 is 0 Å². The molecule has 1 amide bonds. The van der Waals surface area contributed by atoms with Gasteiger partial charge in [0.05, 0.1) is 6.61 Å². The van der Waals surface area contributed by atoms with Crippen molar-refractivity contribution in [3.63, 3.8) is 0 Å². The maximum atomic E-state index is 12.2. The van der Waals surface area contributed by atoms with Gasteiger partial charge in [-0.3, -0.25) is 4.79 Å². The fraction of sp³-hybridized carbons (Fsp3) is 0.731. The third-order valence-corrected chi connectivity index (χ3v) is 7.52. The first kappa shape index (κ1) is 21.7. The number of carbonyl (C=O) groups is 1. The number of nitrogens with one attached hydrogen (secondary N) is 1. The lowest BCUT2D eigenvalue weighted by Gasteiger charge is -2.35. The number of benzene rings is 1. The van der Waals surface area contributed by atoms with Crippen LogP contribution in [0, 0.1) is 11.3 Å². The molecule has 0 unspecified atom stereocenters. The highest BCUT2D eigenvalue weighted by Gasteiger charge is 2.29. The Morgan fingerprint density at radius 3 is 2.53 bits per heavy atom. The molecule has 0 aromatic heterocycles. The molecule has 166 valence electrons. The second kappa shape index (κ2) is 9.30. The molecule has 2 heterocycles. The molecule has 30 heavy (non-hydrogen) atoms. The molecule has 3 aliphatic rings. The van der Waals surface area contributed by atoms with E-state index < -0.39 is 0 Å². The van der Waals surface area contributed by atoms with Gasteiger partial charge in [-0.05, 0) is 88.0 Å². The van der Waals surface area contributed by atoms with Gasteiger partial charge in [0, 0.05) is 23.4 Å². The van der Waals surface area contributed by atoms with Crippen LogP contribution in [-0.4, -0.2) is 43.1 Å². The summed E-state index contributed by atoms with van der Waals surface area (Å²) in [5.41, 5.74) is 2.75. The van der Waals surface area contributed by atoms with Crippen molar-refractivity contribution in [2.45, 2.75) is 84.1 Å². The molecule has 2 aliphatic heterocycles. The molecule has 0 bridgehead atoms. The first-order valence-electron chi connectivity index (χ1n) is 12.2. The summed E-state index contributed by atoms with van der Waals surface area (Å²) in [7, 11) is 0. The van der Waals surface area contributed by atoms with E-state index in [1.54, 1.807) is 5.56 Å². The van der Waals surface area contributed by atoms with Crippen molar-refractivity contribution in [3.8, 4) is 5.75 Å². The quantitative estimate of drug-likeness (QED) is 0.747. The summed E-state index contributed by atoms with van der Waals surface area (Å²) in [6.45, 7) is 10.5. The van der Waals surface area contributed by atoms with E-state index in [2.05, 4.69) is 28.4 Å². The highest BCUT2D eigenvalue weighted by molar-refractivity contribution is 5.81. The average Bonchev–Trinajstić information content (AvgIpc) is 3.22. The lowest BCUT2D eigenvalue weighted by atomic mass is 9.82. The zero-order valence-corrected chi connectivity index (χ0v) is 19.2. The smallest absolute Gasteiger partial charge is 0.225 e. The number of carbonyl (C=O) groups excluding carboxylic acids is 1. The molecule has 1 aliphatic carbocycles. The minimum Gasteiger partial charge on any atom is -0.493 e. The van der Waals surface area contributed by atoms with Crippen LogP contribution < -0.4 is 10.1 Å². The molecule has 1 N–H and O–H groups in total. The van der Waals surface area contributed by atoms with Crippen molar-refractivity contribution in [1.82, 2.24) is 10.2 Å². The van der Waals surface area contributed by atoms with E-state index in [-0.39, 0.29) is 11.3 Å². The Kier molecular flexibility index (Phi) is 6.72. The van der Waals surface area contributed by atoms with Crippen LogP contribution in [0.3, 0.4) is 0 Å². The normalized spacial score (nSPS) is 25.6. The largest absolute Gasteiger partial charge is 0.493 e. The van der Waals surface area contributed by atoms with Crippen molar-refractivity contribution < 1.29 is 9.53 Å². The van der Waals surface area contributed by atoms with Gasteiger partial charge >= 0.3 is 0 Å². The van der Waals surface area contributed by atoms with Gasteiger partial charge in [0.25, 0.3) is 0 Å². The van der Waals surface area contributed by atoms with Gasteiger partial charge in [0.15, 0.2) is 0 Å². The number of ether oxygens (including phenoxy) is 1. The van der Waals surface area contributed by atoms with E-state index in [1.807, 2.05) is 20.8 Å². The lowest BCUT2D eigenvalue weighted by molar-refractivity contribution is -0.129. The lowest BCUT2D eigenvalue weighted by Crippen LogP contribution is -2.43. The van der Waals surface area contributed by atoms with Gasteiger partial charge < -0.3 is 15.0 Å². The zero-order valence-electron chi connectivity index (χ0n) is 19.2. The predicted octanol–water partition coefficient (Wildman–Crippen LogP) is 4.91. The molecule has 4 rings (SSSR count). The Bertz CT molecular complexity index is 723. The van der Waals surface area contributed by atoms with Crippen LogP contribution in [0.15, 0.2) is 18.2 Å². The summed E-state index contributed by atoms with van der Waals surface area (Å²) >= 11 is 0. The minimum atomic E-state index is -0.282. The van der Waals surface area contributed by atoms with Crippen LogP contribution in [0.25, 0.3) is 0 Å². The van der Waals surface area contributed by atoms with Crippen molar-refractivity contribution in [1.29, 1.82) is 0 Å². The summed E-state index contributed by atoms with van der Waals surface area (Å²) in [5, 5.41) is 3.26. The summed E-state index contributed by atoms with van der Waals surface area (Å²) < 4.78 is 5.77. The number of likely N-dealkylation sites (tertiary alicyclic amines) is 1. The van der Waals surface area contributed by atoms with E-state index in [1.165, 1.54) is 57.3 Å². The van der Waals surface area contributed by atoms with Crippen LogP contribution in [0.4, 0.5) is 0 Å². The topological polar surface area (TPSA) is 41.6 Å². The Balaban J connectivity index is 1.17. The molecule has 0 atom stereocenters.